The maximum Gasteiger partial charge on any atom is 0.220 e. The van der Waals surface area contributed by atoms with Crippen LogP contribution < -0.4 is 11.1 Å². The van der Waals surface area contributed by atoms with Crippen LogP contribution in [0.2, 0.25) is 0 Å². The van der Waals surface area contributed by atoms with Crippen molar-refractivity contribution in [3.05, 3.63) is 0 Å². The highest BCUT2D eigenvalue weighted by atomic mass is 16.1. The highest BCUT2D eigenvalue weighted by molar-refractivity contribution is 5.76. The van der Waals surface area contributed by atoms with Crippen molar-refractivity contribution in [1.82, 2.24) is 5.32 Å². The third-order valence-corrected chi connectivity index (χ3v) is 5.16. The molecule has 0 unspecified atom stereocenters. The number of carbonyl (C=O) groups is 1. The van der Waals surface area contributed by atoms with Crippen molar-refractivity contribution >= 4 is 5.91 Å². The molecule has 0 radical (unpaired) electrons. The minimum atomic E-state index is 0.100. The Morgan fingerprint density at radius 3 is 2.28 bits per heavy atom. The molecule has 0 aromatic rings. The van der Waals surface area contributed by atoms with Gasteiger partial charge in [-0.15, -0.1) is 0 Å². The summed E-state index contributed by atoms with van der Waals surface area (Å²) < 4.78 is 0. The zero-order valence-corrected chi connectivity index (χ0v) is 11.8. The van der Waals surface area contributed by atoms with Crippen molar-refractivity contribution in [2.24, 2.45) is 16.6 Å². The Morgan fingerprint density at radius 1 is 1.11 bits per heavy atom. The summed E-state index contributed by atoms with van der Waals surface area (Å²) in [6, 6.07) is 0. The molecule has 2 aliphatic carbocycles. The van der Waals surface area contributed by atoms with Gasteiger partial charge in [0.1, 0.15) is 0 Å². The lowest BCUT2D eigenvalue weighted by Gasteiger charge is -2.39. The van der Waals surface area contributed by atoms with Crippen molar-refractivity contribution in [3.63, 3.8) is 0 Å². The summed E-state index contributed by atoms with van der Waals surface area (Å²) in [5.41, 5.74) is 6.40. The zero-order chi connectivity index (χ0) is 13.1. The molecule has 2 fully saturated rings. The average Bonchev–Trinajstić information content (AvgIpc) is 2.35. The summed E-state index contributed by atoms with van der Waals surface area (Å²) in [5, 5.41) is 3.14. The molecule has 0 aromatic carbocycles. The van der Waals surface area contributed by atoms with Crippen LogP contribution in [0.3, 0.4) is 0 Å². The molecule has 0 saturated heterocycles. The maximum atomic E-state index is 12.1. The van der Waals surface area contributed by atoms with Crippen LogP contribution in [0, 0.1) is 10.8 Å². The molecule has 0 spiro atoms. The predicted molar refractivity (Wildman–Crippen MR) is 74.2 cm³/mol. The van der Waals surface area contributed by atoms with Gasteiger partial charge in [0.2, 0.25) is 5.91 Å². The Kier molecular flexibility index (Phi) is 4.31. The van der Waals surface area contributed by atoms with Crippen molar-refractivity contribution in [2.75, 3.05) is 13.1 Å². The summed E-state index contributed by atoms with van der Waals surface area (Å²) in [4.78, 5) is 12.1. The van der Waals surface area contributed by atoms with E-state index in [1.165, 1.54) is 38.5 Å². The predicted octanol–water partition coefficient (Wildman–Crippen LogP) is 2.59. The van der Waals surface area contributed by atoms with Gasteiger partial charge in [0.15, 0.2) is 0 Å². The highest BCUT2D eigenvalue weighted by Gasteiger charge is 2.35. The number of amides is 1. The van der Waals surface area contributed by atoms with Crippen LogP contribution in [0.15, 0.2) is 0 Å². The van der Waals surface area contributed by atoms with Gasteiger partial charge in [-0.3, -0.25) is 4.79 Å². The summed E-state index contributed by atoms with van der Waals surface area (Å²) >= 11 is 0. The van der Waals surface area contributed by atoms with E-state index in [0.717, 1.165) is 19.4 Å². The maximum absolute atomic E-state index is 12.1. The van der Waals surface area contributed by atoms with Crippen molar-refractivity contribution in [3.8, 4) is 0 Å². The van der Waals surface area contributed by atoms with E-state index in [0.29, 0.717) is 18.4 Å². The average molecular weight is 252 g/mol. The van der Waals surface area contributed by atoms with Crippen LogP contribution in [0.1, 0.15) is 64.7 Å². The fourth-order valence-electron chi connectivity index (χ4n) is 3.43. The van der Waals surface area contributed by atoms with Crippen LogP contribution in [-0.4, -0.2) is 19.0 Å². The molecule has 104 valence electrons. The lowest BCUT2D eigenvalue weighted by molar-refractivity contribution is -0.124. The number of nitrogens with two attached hydrogens (primary N) is 1. The first-order chi connectivity index (χ1) is 8.58. The molecule has 2 saturated carbocycles. The molecule has 2 rings (SSSR count). The fourth-order valence-corrected chi connectivity index (χ4v) is 3.43. The smallest absolute Gasteiger partial charge is 0.220 e. The highest BCUT2D eigenvalue weighted by Crippen LogP contribution is 2.40. The molecule has 0 aliphatic heterocycles. The SMILES string of the molecule is CC1(CNC(=O)CC2(CN)CCCCC2)CCC1. The quantitative estimate of drug-likeness (QED) is 0.790. The minimum absolute atomic E-state index is 0.100. The number of nitrogens with one attached hydrogen (secondary N) is 1. The van der Waals surface area contributed by atoms with Gasteiger partial charge in [0.05, 0.1) is 0 Å². The van der Waals surface area contributed by atoms with E-state index in [2.05, 4.69) is 12.2 Å². The first kappa shape index (κ1) is 13.9. The topological polar surface area (TPSA) is 55.1 Å². The van der Waals surface area contributed by atoms with E-state index in [4.69, 9.17) is 5.73 Å². The second-order valence-electron chi connectivity index (χ2n) is 6.88. The van der Waals surface area contributed by atoms with Crippen LogP contribution >= 0.6 is 0 Å². The fraction of sp³-hybridized carbons (Fsp3) is 0.933. The van der Waals surface area contributed by atoms with Crippen molar-refractivity contribution < 1.29 is 4.79 Å². The number of rotatable bonds is 5. The zero-order valence-electron chi connectivity index (χ0n) is 11.8. The molecular weight excluding hydrogens is 224 g/mol. The molecule has 18 heavy (non-hydrogen) atoms. The molecule has 3 heteroatoms. The summed E-state index contributed by atoms with van der Waals surface area (Å²) in [6.45, 7) is 3.79. The molecule has 0 heterocycles. The van der Waals surface area contributed by atoms with Gasteiger partial charge in [-0.1, -0.05) is 32.6 Å². The van der Waals surface area contributed by atoms with Crippen LogP contribution in [0.4, 0.5) is 0 Å². The van der Waals surface area contributed by atoms with E-state index >= 15 is 0 Å². The van der Waals surface area contributed by atoms with Crippen molar-refractivity contribution in [1.29, 1.82) is 0 Å². The van der Waals surface area contributed by atoms with Crippen LogP contribution in [0.25, 0.3) is 0 Å². The third kappa shape index (κ3) is 3.25. The molecule has 0 aromatic heterocycles. The first-order valence-electron chi connectivity index (χ1n) is 7.54. The summed E-state index contributed by atoms with van der Waals surface area (Å²) in [6.07, 6.45) is 10.5. The normalized spacial score (nSPS) is 25.2. The van der Waals surface area contributed by atoms with Gasteiger partial charge in [-0.05, 0) is 43.1 Å². The van der Waals surface area contributed by atoms with Gasteiger partial charge in [0.25, 0.3) is 0 Å². The van der Waals surface area contributed by atoms with Gasteiger partial charge in [-0.2, -0.15) is 0 Å². The van der Waals surface area contributed by atoms with Crippen LogP contribution in [-0.2, 0) is 4.79 Å². The largest absolute Gasteiger partial charge is 0.356 e. The van der Waals surface area contributed by atoms with Gasteiger partial charge < -0.3 is 11.1 Å². The summed E-state index contributed by atoms with van der Waals surface area (Å²) in [5.74, 6) is 0.218. The van der Waals surface area contributed by atoms with E-state index in [1.807, 2.05) is 0 Å². The molecule has 3 nitrogen and oxygen atoms in total. The Morgan fingerprint density at radius 2 is 1.78 bits per heavy atom. The van der Waals surface area contributed by atoms with Crippen LogP contribution in [0.5, 0.6) is 0 Å². The first-order valence-corrected chi connectivity index (χ1v) is 7.54. The molecule has 3 N–H and O–H groups in total. The lowest BCUT2D eigenvalue weighted by Crippen LogP contribution is -2.43. The van der Waals surface area contributed by atoms with E-state index in [1.54, 1.807) is 0 Å². The van der Waals surface area contributed by atoms with E-state index < -0.39 is 0 Å². The monoisotopic (exact) mass is 252 g/mol. The van der Waals surface area contributed by atoms with E-state index in [9.17, 15) is 4.79 Å². The van der Waals surface area contributed by atoms with Gasteiger partial charge in [0, 0.05) is 13.0 Å². The Hall–Kier alpha value is -0.570. The third-order valence-electron chi connectivity index (χ3n) is 5.16. The van der Waals surface area contributed by atoms with E-state index in [-0.39, 0.29) is 11.3 Å². The number of carbonyl (C=O) groups excluding carboxylic acids is 1. The molecule has 0 atom stereocenters. The number of hydrogen-bond donors (Lipinski definition) is 2. The minimum Gasteiger partial charge on any atom is -0.356 e. The Bertz CT molecular complexity index is 291. The standard InChI is InChI=1S/C15H28N2O/c1-14(6-5-7-14)12-17-13(18)10-15(11-16)8-3-2-4-9-15/h2-12,16H2,1H3,(H,17,18). The van der Waals surface area contributed by atoms with Gasteiger partial charge >= 0.3 is 0 Å². The Balaban J connectivity index is 1.78. The molecule has 1 amide bonds. The molecule has 2 aliphatic rings. The van der Waals surface area contributed by atoms with Gasteiger partial charge in [-0.25, -0.2) is 0 Å². The molecular formula is C15H28N2O. The Labute approximate surface area is 111 Å². The summed E-state index contributed by atoms with van der Waals surface area (Å²) in [7, 11) is 0. The molecule has 0 bridgehead atoms. The van der Waals surface area contributed by atoms with Crippen molar-refractivity contribution in [2.45, 2.75) is 64.7 Å². The second kappa shape index (κ2) is 5.60. The lowest BCUT2D eigenvalue weighted by atomic mass is 9.70. The number of hydrogen-bond acceptors (Lipinski definition) is 2. The second-order valence-corrected chi connectivity index (χ2v) is 6.88.